The maximum Gasteiger partial charge on any atom is 0.122 e. The number of nitrogen functional groups attached to an aromatic ring is 1. The van der Waals surface area contributed by atoms with Crippen molar-refractivity contribution in [2.45, 2.75) is 40.2 Å². The molecule has 0 atom stereocenters. The van der Waals surface area contributed by atoms with Crippen LogP contribution >= 0.6 is 0 Å². The van der Waals surface area contributed by atoms with E-state index < -0.39 is 0 Å². The topological polar surface area (TPSA) is 53.1 Å². The van der Waals surface area contributed by atoms with Crippen LogP contribution in [-0.4, -0.2) is 18.4 Å². The summed E-state index contributed by atoms with van der Waals surface area (Å²) >= 11 is 0. The Kier molecular flexibility index (Phi) is 4.55. The third-order valence-electron chi connectivity index (χ3n) is 2.91. The second-order valence-electron chi connectivity index (χ2n) is 4.70. The maximum absolute atomic E-state index is 7.44. The van der Waals surface area contributed by atoms with E-state index in [1.54, 1.807) is 0 Å². The van der Waals surface area contributed by atoms with Crippen LogP contribution in [0.3, 0.4) is 0 Å². The van der Waals surface area contributed by atoms with Crippen LogP contribution in [0.4, 0.5) is 5.69 Å². The number of anilines is 1. The quantitative estimate of drug-likeness (QED) is 0.607. The summed E-state index contributed by atoms with van der Waals surface area (Å²) in [6, 6.07) is 6.47. The monoisotopic (exact) mass is 233 g/mol. The van der Waals surface area contributed by atoms with Crippen molar-refractivity contribution in [3.05, 3.63) is 29.3 Å². The van der Waals surface area contributed by atoms with E-state index in [2.05, 4.69) is 38.7 Å². The molecule has 0 saturated heterocycles. The first kappa shape index (κ1) is 13.6. The molecule has 3 N–H and O–H groups in total. The molecule has 0 radical (unpaired) electrons. The second-order valence-corrected chi connectivity index (χ2v) is 4.70. The molecule has 1 aromatic rings. The van der Waals surface area contributed by atoms with Crippen LogP contribution in [0.25, 0.3) is 0 Å². The van der Waals surface area contributed by atoms with Crippen molar-refractivity contribution in [3.8, 4) is 0 Å². The summed E-state index contributed by atoms with van der Waals surface area (Å²) < 4.78 is 0. The van der Waals surface area contributed by atoms with Crippen LogP contribution in [0.1, 0.15) is 38.3 Å². The normalized spacial score (nSPS) is 10.6. The lowest BCUT2D eigenvalue weighted by molar-refractivity contribution is 0.669. The average Bonchev–Trinajstić information content (AvgIpc) is 2.26. The molecule has 0 aromatic heterocycles. The van der Waals surface area contributed by atoms with Gasteiger partial charge in [0.25, 0.3) is 0 Å². The molecule has 0 aliphatic rings. The first-order chi connectivity index (χ1) is 7.97. The molecule has 94 valence electrons. The average molecular weight is 233 g/mol. The summed E-state index contributed by atoms with van der Waals surface area (Å²) in [4.78, 5) is 2.39. The van der Waals surface area contributed by atoms with Crippen LogP contribution in [-0.2, 0) is 0 Å². The zero-order chi connectivity index (χ0) is 13.0. The van der Waals surface area contributed by atoms with E-state index in [1.165, 1.54) is 11.3 Å². The van der Waals surface area contributed by atoms with E-state index >= 15 is 0 Å². The van der Waals surface area contributed by atoms with Crippen molar-refractivity contribution in [2.24, 2.45) is 5.73 Å². The predicted molar refractivity (Wildman–Crippen MR) is 75.0 cm³/mol. The van der Waals surface area contributed by atoms with Crippen molar-refractivity contribution in [3.63, 3.8) is 0 Å². The van der Waals surface area contributed by atoms with Crippen LogP contribution < -0.4 is 10.6 Å². The van der Waals surface area contributed by atoms with Gasteiger partial charge in [-0.25, -0.2) is 0 Å². The first-order valence-corrected chi connectivity index (χ1v) is 6.19. The lowest BCUT2D eigenvalue weighted by atomic mass is 10.1. The Bertz CT molecular complexity index is 396. The molecule has 0 heterocycles. The molecule has 0 aliphatic heterocycles. The molecule has 0 unspecified atom stereocenters. The third kappa shape index (κ3) is 3.22. The highest BCUT2D eigenvalue weighted by molar-refractivity contribution is 5.95. The number of rotatable bonds is 5. The number of nitrogens with two attached hydrogens (primary N) is 1. The Balaban J connectivity index is 3.08. The standard InChI is InChI=1S/C14H23N3/c1-5-8-17(10(2)3)13-7-6-12(14(15)16)9-11(13)4/h6-7,9-10H,5,8H2,1-4H3,(H3,15,16). The number of aryl methyl sites for hydroxylation is 1. The van der Waals surface area contributed by atoms with Crippen molar-refractivity contribution in [1.29, 1.82) is 5.41 Å². The number of hydrogen-bond acceptors (Lipinski definition) is 2. The van der Waals surface area contributed by atoms with Crippen LogP contribution in [0.2, 0.25) is 0 Å². The van der Waals surface area contributed by atoms with Gasteiger partial charge in [0.05, 0.1) is 0 Å². The molecular formula is C14H23N3. The van der Waals surface area contributed by atoms with Gasteiger partial charge in [-0.2, -0.15) is 0 Å². The first-order valence-electron chi connectivity index (χ1n) is 6.19. The predicted octanol–water partition coefficient (Wildman–Crippen LogP) is 2.90. The molecule has 0 saturated carbocycles. The fraction of sp³-hybridized carbons (Fsp3) is 0.500. The van der Waals surface area contributed by atoms with E-state index in [4.69, 9.17) is 11.1 Å². The number of nitrogens with zero attached hydrogens (tertiary/aromatic N) is 1. The molecule has 0 aliphatic carbocycles. The van der Waals surface area contributed by atoms with Gasteiger partial charge in [0, 0.05) is 23.8 Å². The number of benzene rings is 1. The van der Waals surface area contributed by atoms with Crippen LogP contribution in [0, 0.1) is 12.3 Å². The molecule has 17 heavy (non-hydrogen) atoms. The van der Waals surface area contributed by atoms with Crippen molar-refractivity contribution in [1.82, 2.24) is 0 Å². The van der Waals surface area contributed by atoms with Gasteiger partial charge in [0.15, 0.2) is 0 Å². The van der Waals surface area contributed by atoms with Crippen molar-refractivity contribution < 1.29 is 0 Å². The summed E-state index contributed by atoms with van der Waals surface area (Å²) in [6.07, 6.45) is 1.13. The fourth-order valence-corrected chi connectivity index (χ4v) is 2.04. The highest BCUT2D eigenvalue weighted by Crippen LogP contribution is 2.23. The smallest absolute Gasteiger partial charge is 0.122 e. The molecule has 0 amide bonds. The Hall–Kier alpha value is -1.51. The number of amidine groups is 1. The van der Waals surface area contributed by atoms with E-state index in [0.717, 1.165) is 18.5 Å². The minimum atomic E-state index is 0.131. The second kappa shape index (κ2) is 5.71. The fourth-order valence-electron chi connectivity index (χ4n) is 2.04. The number of nitrogens with one attached hydrogen (secondary N) is 1. The molecule has 3 nitrogen and oxygen atoms in total. The lowest BCUT2D eigenvalue weighted by Gasteiger charge is -2.30. The molecule has 1 rings (SSSR count). The molecule has 0 bridgehead atoms. The minimum absolute atomic E-state index is 0.131. The Labute approximate surface area is 104 Å². The molecule has 0 spiro atoms. The SMILES string of the molecule is CCCN(c1ccc(C(=N)N)cc1C)C(C)C. The number of hydrogen-bond donors (Lipinski definition) is 2. The van der Waals surface area contributed by atoms with E-state index in [0.29, 0.717) is 6.04 Å². The molecule has 1 aromatic carbocycles. The highest BCUT2D eigenvalue weighted by atomic mass is 15.1. The van der Waals surface area contributed by atoms with Crippen molar-refractivity contribution >= 4 is 11.5 Å². The van der Waals surface area contributed by atoms with Crippen molar-refractivity contribution in [2.75, 3.05) is 11.4 Å². The van der Waals surface area contributed by atoms with Crippen LogP contribution in [0.5, 0.6) is 0 Å². The minimum Gasteiger partial charge on any atom is -0.384 e. The van der Waals surface area contributed by atoms with Gasteiger partial charge in [-0.15, -0.1) is 0 Å². The van der Waals surface area contributed by atoms with Gasteiger partial charge in [-0.1, -0.05) is 6.92 Å². The van der Waals surface area contributed by atoms with Gasteiger partial charge in [-0.3, -0.25) is 5.41 Å². The third-order valence-corrected chi connectivity index (χ3v) is 2.91. The largest absolute Gasteiger partial charge is 0.384 e. The summed E-state index contributed by atoms with van der Waals surface area (Å²) in [6.45, 7) is 9.72. The van der Waals surface area contributed by atoms with Crippen LogP contribution in [0.15, 0.2) is 18.2 Å². The summed E-state index contributed by atoms with van der Waals surface area (Å²) in [5, 5.41) is 7.44. The lowest BCUT2D eigenvalue weighted by Crippen LogP contribution is -2.32. The summed E-state index contributed by atoms with van der Waals surface area (Å²) in [7, 11) is 0. The highest BCUT2D eigenvalue weighted by Gasteiger charge is 2.12. The Morgan fingerprint density at radius 1 is 1.41 bits per heavy atom. The van der Waals surface area contributed by atoms with E-state index in [9.17, 15) is 0 Å². The maximum atomic E-state index is 7.44. The summed E-state index contributed by atoms with van der Waals surface area (Å²) in [5.41, 5.74) is 8.72. The van der Waals surface area contributed by atoms with Gasteiger partial charge in [-0.05, 0) is 51.0 Å². The molecular weight excluding hydrogens is 210 g/mol. The van der Waals surface area contributed by atoms with Gasteiger partial charge < -0.3 is 10.6 Å². The zero-order valence-electron chi connectivity index (χ0n) is 11.2. The van der Waals surface area contributed by atoms with E-state index in [1.807, 2.05) is 12.1 Å². The van der Waals surface area contributed by atoms with E-state index in [-0.39, 0.29) is 5.84 Å². The molecule has 0 fully saturated rings. The van der Waals surface area contributed by atoms with Gasteiger partial charge >= 0.3 is 0 Å². The van der Waals surface area contributed by atoms with Gasteiger partial charge in [0.2, 0.25) is 0 Å². The molecule has 3 heteroatoms. The van der Waals surface area contributed by atoms with Gasteiger partial charge in [0.1, 0.15) is 5.84 Å². The Morgan fingerprint density at radius 2 is 2.06 bits per heavy atom. The summed E-state index contributed by atoms with van der Waals surface area (Å²) in [5.74, 6) is 0.131. The Morgan fingerprint density at radius 3 is 2.47 bits per heavy atom. The zero-order valence-corrected chi connectivity index (χ0v) is 11.2.